The standard InChI is InChI=1S/2C19H12NS.Zn/c2*1-2-8-14(9-3-1)15-10-4-5-11-16(15)19-20-17-12-6-7-13-18(17)21-19;/h2*1-8,10-13H;/q2*-1;+2. The molecule has 5 heteroatoms. The number of benzene rings is 6. The molecule has 2 nitrogen and oxygen atoms in total. The average molecular weight is 638 g/mol. The Morgan fingerprint density at radius 3 is 1.16 bits per heavy atom. The zero-order chi connectivity index (χ0) is 28.1. The van der Waals surface area contributed by atoms with Gasteiger partial charge in [0.15, 0.2) is 0 Å². The number of fused-ring (bicyclic) bond motifs is 2. The van der Waals surface area contributed by atoms with Crippen LogP contribution in [0, 0.1) is 12.1 Å². The van der Waals surface area contributed by atoms with Crippen LogP contribution in [0.3, 0.4) is 0 Å². The third-order valence-electron chi connectivity index (χ3n) is 6.90. The molecule has 0 aliphatic rings. The Morgan fingerprint density at radius 2 is 0.767 bits per heavy atom. The number of nitrogens with zero attached hydrogens (tertiary/aromatic N) is 2. The van der Waals surface area contributed by atoms with Crippen molar-refractivity contribution in [2.45, 2.75) is 0 Å². The first-order valence-corrected chi connectivity index (χ1v) is 15.3. The van der Waals surface area contributed by atoms with Gasteiger partial charge in [-0.25, -0.2) is 9.97 Å². The number of thiazole rings is 2. The Balaban J connectivity index is 0.000000150. The predicted octanol–water partition coefficient (Wildman–Crippen LogP) is 10.9. The average Bonchev–Trinajstić information content (AvgIpc) is 3.71. The van der Waals surface area contributed by atoms with Gasteiger partial charge < -0.3 is 0 Å². The van der Waals surface area contributed by atoms with Gasteiger partial charge in [-0.05, 0) is 35.4 Å². The van der Waals surface area contributed by atoms with Gasteiger partial charge in [0.1, 0.15) is 10.0 Å². The van der Waals surface area contributed by atoms with Crippen molar-refractivity contribution in [3.8, 4) is 43.4 Å². The van der Waals surface area contributed by atoms with Crippen LogP contribution in [-0.2, 0) is 19.5 Å². The van der Waals surface area contributed by atoms with E-state index >= 15 is 0 Å². The first-order valence-electron chi connectivity index (χ1n) is 13.7. The minimum atomic E-state index is 0. The molecule has 0 saturated heterocycles. The summed E-state index contributed by atoms with van der Waals surface area (Å²) < 4.78 is 2.44. The van der Waals surface area contributed by atoms with Gasteiger partial charge in [-0.15, -0.1) is 94.5 Å². The van der Waals surface area contributed by atoms with Crippen LogP contribution in [0.5, 0.6) is 0 Å². The number of para-hydroxylation sites is 2. The second-order valence-corrected chi connectivity index (χ2v) is 11.7. The van der Waals surface area contributed by atoms with Crippen LogP contribution in [-0.4, -0.2) is 9.97 Å². The van der Waals surface area contributed by atoms with Crippen molar-refractivity contribution >= 4 is 43.1 Å². The summed E-state index contributed by atoms with van der Waals surface area (Å²) >= 11 is 3.47. The summed E-state index contributed by atoms with van der Waals surface area (Å²) in [6.45, 7) is 0. The van der Waals surface area contributed by atoms with Crippen molar-refractivity contribution in [2.24, 2.45) is 0 Å². The molecule has 0 amide bonds. The Bertz CT molecular complexity index is 1880. The predicted molar refractivity (Wildman–Crippen MR) is 179 cm³/mol. The van der Waals surface area contributed by atoms with Crippen molar-refractivity contribution < 1.29 is 19.5 Å². The first-order chi connectivity index (χ1) is 20.8. The van der Waals surface area contributed by atoms with Gasteiger partial charge in [0, 0.05) is 0 Å². The Kier molecular flexibility index (Phi) is 8.95. The van der Waals surface area contributed by atoms with Gasteiger partial charge in [-0.3, -0.25) is 0 Å². The third-order valence-corrected chi connectivity index (χ3v) is 9.04. The normalized spacial score (nSPS) is 10.6. The minimum Gasteiger partial charge on any atom is -0.237 e. The fourth-order valence-electron chi connectivity index (χ4n) is 4.91. The SMILES string of the molecule is [Zn+2].[c-]1ccccc1-c1ccccc1-c1nc2ccccc2s1.[c-]1ccccc1-c1ccccc1-c1nc2ccccc2s1. The minimum absolute atomic E-state index is 0. The Hall–Kier alpha value is -4.28. The molecule has 0 fully saturated rings. The molecule has 0 bridgehead atoms. The van der Waals surface area contributed by atoms with E-state index in [0.29, 0.717) is 0 Å². The molecule has 8 rings (SSSR count). The van der Waals surface area contributed by atoms with E-state index in [9.17, 15) is 0 Å². The van der Waals surface area contributed by atoms with Gasteiger partial charge in [0.2, 0.25) is 0 Å². The molecular formula is C38H24N2S2Zn. The summed E-state index contributed by atoms with van der Waals surface area (Å²) in [5.74, 6) is 0. The number of aromatic nitrogens is 2. The van der Waals surface area contributed by atoms with Crippen molar-refractivity contribution in [2.75, 3.05) is 0 Å². The molecule has 0 unspecified atom stereocenters. The zero-order valence-electron chi connectivity index (χ0n) is 23.3. The van der Waals surface area contributed by atoms with Crippen LogP contribution >= 0.6 is 22.7 Å². The molecule has 43 heavy (non-hydrogen) atoms. The Labute approximate surface area is 272 Å². The van der Waals surface area contributed by atoms with E-state index in [1.165, 1.54) is 31.7 Å². The maximum absolute atomic E-state index is 4.77. The molecular weight excluding hydrogens is 614 g/mol. The van der Waals surface area contributed by atoms with E-state index in [0.717, 1.165) is 32.2 Å². The van der Waals surface area contributed by atoms with Crippen molar-refractivity contribution in [1.82, 2.24) is 9.97 Å². The van der Waals surface area contributed by atoms with E-state index in [1.807, 2.05) is 48.5 Å². The number of hydrogen-bond acceptors (Lipinski definition) is 4. The number of hydrogen-bond donors (Lipinski definition) is 0. The molecule has 0 saturated carbocycles. The van der Waals surface area contributed by atoms with Crippen LogP contribution in [0.4, 0.5) is 0 Å². The summed E-state index contributed by atoms with van der Waals surface area (Å²) in [5.41, 5.74) is 9.02. The molecule has 8 aromatic rings. The van der Waals surface area contributed by atoms with Gasteiger partial charge in [0.05, 0.1) is 20.4 Å². The Morgan fingerprint density at radius 1 is 0.395 bits per heavy atom. The molecule has 0 N–H and O–H groups in total. The van der Waals surface area contributed by atoms with Gasteiger partial charge in [-0.2, -0.15) is 0 Å². The van der Waals surface area contributed by atoms with Crippen molar-refractivity contribution in [3.05, 3.63) is 158 Å². The van der Waals surface area contributed by atoms with Crippen molar-refractivity contribution in [3.63, 3.8) is 0 Å². The molecule has 0 aliphatic carbocycles. The molecule has 200 valence electrons. The van der Waals surface area contributed by atoms with E-state index in [4.69, 9.17) is 9.97 Å². The van der Waals surface area contributed by atoms with Crippen LogP contribution < -0.4 is 0 Å². The van der Waals surface area contributed by atoms with Crippen molar-refractivity contribution in [1.29, 1.82) is 0 Å². The monoisotopic (exact) mass is 636 g/mol. The molecule has 2 aromatic heterocycles. The summed E-state index contributed by atoms with van der Waals surface area (Å²) in [5, 5.41) is 2.12. The fourth-order valence-corrected chi connectivity index (χ4v) is 6.92. The van der Waals surface area contributed by atoms with E-state index in [-0.39, 0.29) is 19.5 Å². The van der Waals surface area contributed by atoms with Crippen LogP contribution in [0.2, 0.25) is 0 Å². The molecule has 0 aliphatic heterocycles. The molecule has 2 heterocycles. The quantitative estimate of drug-likeness (QED) is 0.142. The fraction of sp³-hybridized carbons (Fsp3) is 0. The second kappa shape index (κ2) is 13.4. The molecule has 0 radical (unpaired) electrons. The molecule has 0 atom stereocenters. The summed E-state index contributed by atoms with van der Waals surface area (Å²) in [4.78, 5) is 9.55. The maximum atomic E-state index is 4.77. The summed E-state index contributed by atoms with van der Waals surface area (Å²) in [6.07, 6.45) is 0. The molecule has 6 aromatic carbocycles. The maximum Gasteiger partial charge on any atom is 2.00 e. The van der Waals surface area contributed by atoms with E-state index < -0.39 is 0 Å². The van der Waals surface area contributed by atoms with Gasteiger partial charge in [-0.1, -0.05) is 83.9 Å². The molecule has 0 spiro atoms. The van der Waals surface area contributed by atoms with Gasteiger partial charge >= 0.3 is 19.5 Å². The van der Waals surface area contributed by atoms with Crippen LogP contribution in [0.15, 0.2) is 146 Å². The first kappa shape index (κ1) is 28.8. The topological polar surface area (TPSA) is 25.8 Å². The zero-order valence-corrected chi connectivity index (χ0v) is 27.9. The smallest absolute Gasteiger partial charge is 0.237 e. The summed E-state index contributed by atoms with van der Waals surface area (Å²) in [7, 11) is 0. The van der Waals surface area contributed by atoms with Crippen LogP contribution in [0.25, 0.3) is 63.8 Å². The van der Waals surface area contributed by atoms with E-state index in [1.54, 1.807) is 22.7 Å². The second-order valence-electron chi connectivity index (χ2n) is 9.62. The largest absolute Gasteiger partial charge is 2.00 e. The third kappa shape index (κ3) is 6.26. The van der Waals surface area contributed by atoms with E-state index in [2.05, 4.69) is 109 Å². The van der Waals surface area contributed by atoms with Crippen LogP contribution in [0.1, 0.15) is 0 Å². The number of rotatable bonds is 4. The van der Waals surface area contributed by atoms with Gasteiger partial charge in [0.25, 0.3) is 0 Å². The summed E-state index contributed by atoms with van der Waals surface area (Å²) in [6, 6.07) is 56.1.